The van der Waals surface area contributed by atoms with E-state index in [0.29, 0.717) is 12.1 Å². The molecule has 0 atom stereocenters. The van der Waals surface area contributed by atoms with Crippen molar-refractivity contribution in [3.8, 4) is 6.07 Å². The summed E-state index contributed by atoms with van der Waals surface area (Å²) in [6.45, 7) is 2.95. The van der Waals surface area contributed by atoms with Gasteiger partial charge in [0.25, 0.3) is 0 Å². The van der Waals surface area contributed by atoms with Gasteiger partial charge in [-0.1, -0.05) is 12.1 Å². The zero-order valence-corrected chi connectivity index (χ0v) is 15.8. The molecule has 0 radical (unpaired) electrons. The average molecular weight is 373 g/mol. The second kappa shape index (κ2) is 7.21. The van der Waals surface area contributed by atoms with Crippen LogP contribution in [0.4, 0.5) is 5.82 Å². The number of fused-ring (bicyclic) bond motifs is 1. The normalized spacial score (nSPS) is 18.2. The van der Waals surface area contributed by atoms with Crippen molar-refractivity contribution in [2.75, 3.05) is 18.4 Å². The van der Waals surface area contributed by atoms with Gasteiger partial charge in [0.1, 0.15) is 11.8 Å². The quantitative estimate of drug-likeness (QED) is 0.740. The Morgan fingerprint density at radius 1 is 1.11 bits per heavy atom. The first-order valence-electron chi connectivity index (χ1n) is 9.95. The van der Waals surface area contributed by atoms with E-state index in [0.717, 1.165) is 55.0 Å². The van der Waals surface area contributed by atoms with Crippen LogP contribution in [0.2, 0.25) is 0 Å². The van der Waals surface area contributed by atoms with Gasteiger partial charge in [0.15, 0.2) is 11.5 Å². The number of benzene rings is 1. The molecular formula is C21H23N7. The highest BCUT2D eigenvalue weighted by molar-refractivity contribution is 5.82. The third-order valence-corrected chi connectivity index (χ3v) is 5.69. The lowest BCUT2D eigenvalue weighted by molar-refractivity contribution is 0.211. The molecule has 1 N–H and O–H groups in total. The third kappa shape index (κ3) is 3.43. The smallest absolute Gasteiger partial charge is 0.165 e. The highest BCUT2D eigenvalue weighted by Gasteiger charge is 2.27. The molecule has 7 nitrogen and oxygen atoms in total. The van der Waals surface area contributed by atoms with Crippen molar-refractivity contribution < 1.29 is 0 Å². The van der Waals surface area contributed by atoms with Gasteiger partial charge in [0.2, 0.25) is 0 Å². The van der Waals surface area contributed by atoms with E-state index in [1.807, 2.05) is 24.5 Å². The van der Waals surface area contributed by atoms with Crippen molar-refractivity contribution in [3.63, 3.8) is 0 Å². The van der Waals surface area contributed by atoms with Crippen molar-refractivity contribution in [1.29, 1.82) is 5.26 Å². The van der Waals surface area contributed by atoms with E-state index in [1.165, 1.54) is 18.4 Å². The van der Waals surface area contributed by atoms with Crippen LogP contribution >= 0.6 is 0 Å². The minimum atomic E-state index is 0.394. The maximum atomic E-state index is 9.06. The fraction of sp³-hybridized carbons (Fsp3) is 0.429. The lowest BCUT2D eigenvalue weighted by Crippen LogP contribution is -2.38. The second-order valence-electron chi connectivity index (χ2n) is 7.78. The van der Waals surface area contributed by atoms with E-state index in [2.05, 4.69) is 41.9 Å². The molecular weight excluding hydrogens is 350 g/mol. The molecule has 142 valence electrons. The summed E-state index contributed by atoms with van der Waals surface area (Å²) in [6, 6.07) is 11.1. The summed E-state index contributed by atoms with van der Waals surface area (Å²) in [4.78, 5) is 15.9. The van der Waals surface area contributed by atoms with E-state index >= 15 is 0 Å². The summed E-state index contributed by atoms with van der Waals surface area (Å²) in [5.74, 6) is 0.851. The molecule has 0 amide bonds. The SMILES string of the molecule is N#Cc1cccc(CN2CCC(Nc3ncnc4c3ncn4C3CC3)CC2)c1. The maximum Gasteiger partial charge on any atom is 0.165 e. The molecule has 0 bridgehead atoms. The van der Waals surface area contributed by atoms with Crippen molar-refractivity contribution >= 4 is 17.0 Å². The monoisotopic (exact) mass is 373 g/mol. The van der Waals surface area contributed by atoms with Crippen LogP contribution in [0.3, 0.4) is 0 Å². The zero-order valence-electron chi connectivity index (χ0n) is 15.8. The summed E-state index contributed by atoms with van der Waals surface area (Å²) in [7, 11) is 0. The minimum Gasteiger partial charge on any atom is -0.365 e. The summed E-state index contributed by atoms with van der Waals surface area (Å²) in [6.07, 6.45) is 8.10. The Labute approximate surface area is 164 Å². The fourth-order valence-electron chi connectivity index (χ4n) is 4.00. The number of hydrogen-bond acceptors (Lipinski definition) is 6. The molecule has 2 aliphatic rings. The van der Waals surface area contributed by atoms with Crippen LogP contribution in [0.5, 0.6) is 0 Å². The summed E-state index contributed by atoms with van der Waals surface area (Å²) in [5, 5.41) is 12.7. The third-order valence-electron chi connectivity index (χ3n) is 5.69. The number of nitrogens with zero attached hydrogens (tertiary/aromatic N) is 6. The Kier molecular flexibility index (Phi) is 4.41. The molecule has 3 aromatic rings. The number of likely N-dealkylation sites (tertiary alicyclic amines) is 1. The second-order valence-corrected chi connectivity index (χ2v) is 7.78. The van der Waals surface area contributed by atoms with Gasteiger partial charge in [0.05, 0.1) is 18.0 Å². The Morgan fingerprint density at radius 3 is 2.75 bits per heavy atom. The molecule has 3 heterocycles. The molecule has 0 unspecified atom stereocenters. The van der Waals surface area contributed by atoms with E-state index in [9.17, 15) is 0 Å². The summed E-state index contributed by atoms with van der Waals surface area (Å²) < 4.78 is 2.18. The summed E-state index contributed by atoms with van der Waals surface area (Å²) >= 11 is 0. The van der Waals surface area contributed by atoms with Crippen LogP contribution in [0, 0.1) is 11.3 Å². The van der Waals surface area contributed by atoms with Crippen molar-refractivity contribution in [3.05, 3.63) is 48.0 Å². The molecule has 1 aromatic carbocycles. The Balaban J connectivity index is 1.22. The molecule has 2 aromatic heterocycles. The predicted octanol–water partition coefficient (Wildman–Crippen LogP) is 3.11. The summed E-state index contributed by atoms with van der Waals surface area (Å²) in [5.41, 5.74) is 3.75. The number of imidazole rings is 1. The Bertz CT molecular complexity index is 1020. The fourth-order valence-corrected chi connectivity index (χ4v) is 4.00. The van der Waals surface area contributed by atoms with Gasteiger partial charge in [-0.05, 0) is 43.4 Å². The van der Waals surface area contributed by atoms with Crippen LogP contribution in [-0.2, 0) is 6.54 Å². The van der Waals surface area contributed by atoms with Gasteiger partial charge < -0.3 is 9.88 Å². The van der Waals surface area contributed by atoms with Gasteiger partial charge in [-0.25, -0.2) is 15.0 Å². The maximum absolute atomic E-state index is 9.06. The molecule has 7 heteroatoms. The molecule has 5 rings (SSSR count). The average Bonchev–Trinajstić information content (AvgIpc) is 3.48. The first-order chi connectivity index (χ1) is 13.8. The molecule has 1 aliphatic carbocycles. The van der Waals surface area contributed by atoms with Crippen LogP contribution in [-0.4, -0.2) is 43.6 Å². The molecule has 1 aliphatic heterocycles. The van der Waals surface area contributed by atoms with Gasteiger partial charge in [-0.3, -0.25) is 4.90 Å². The van der Waals surface area contributed by atoms with Crippen molar-refractivity contribution in [2.24, 2.45) is 0 Å². The van der Waals surface area contributed by atoms with E-state index in [1.54, 1.807) is 6.33 Å². The lowest BCUT2D eigenvalue weighted by atomic mass is 10.0. The van der Waals surface area contributed by atoms with Gasteiger partial charge in [-0.15, -0.1) is 0 Å². The minimum absolute atomic E-state index is 0.394. The topological polar surface area (TPSA) is 82.7 Å². The highest BCUT2D eigenvalue weighted by Crippen LogP contribution is 2.37. The van der Waals surface area contributed by atoms with Crippen molar-refractivity contribution in [2.45, 2.75) is 44.3 Å². The standard InChI is InChI=1S/C21H23N7/c22-11-15-2-1-3-16(10-15)12-27-8-6-17(7-9-27)26-20-19-21(24-13-23-20)28(14-25-19)18-4-5-18/h1-3,10,13-14,17-18H,4-9,12H2,(H,23,24,26). The number of nitriles is 1. The van der Waals surface area contributed by atoms with Gasteiger partial charge in [0, 0.05) is 31.7 Å². The van der Waals surface area contributed by atoms with E-state index < -0.39 is 0 Å². The van der Waals surface area contributed by atoms with Crippen LogP contribution in [0.1, 0.15) is 42.9 Å². The largest absolute Gasteiger partial charge is 0.365 e. The molecule has 1 saturated carbocycles. The first-order valence-corrected chi connectivity index (χ1v) is 9.95. The van der Waals surface area contributed by atoms with Crippen molar-refractivity contribution in [1.82, 2.24) is 24.4 Å². The molecule has 1 saturated heterocycles. The highest BCUT2D eigenvalue weighted by atomic mass is 15.2. The predicted molar refractivity (Wildman–Crippen MR) is 107 cm³/mol. The Morgan fingerprint density at radius 2 is 1.96 bits per heavy atom. The van der Waals surface area contributed by atoms with Crippen LogP contribution < -0.4 is 5.32 Å². The van der Waals surface area contributed by atoms with E-state index in [4.69, 9.17) is 5.26 Å². The molecule has 28 heavy (non-hydrogen) atoms. The number of hydrogen-bond donors (Lipinski definition) is 1. The van der Waals surface area contributed by atoms with Crippen LogP contribution in [0.25, 0.3) is 11.2 Å². The van der Waals surface area contributed by atoms with Gasteiger partial charge >= 0.3 is 0 Å². The number of piperidine rings is 1. The first kappa shape index (κ1) is 17.1. The molecule has 0 spiro atoms. The number of aromatic nitrogens is 4. The van der Waals surface area contributed by atoms with Gasteiger partial charge in [-0.2, -0.15) is 5.26 Å². The number of anilines is 1. The number of nitrogens with one attached hydrogen (secondary N) is 1. The number of rotatable bonds is 5. The Hall–Kier alpha value is -2.98. The molecule has 2 fully saturated rings. The van der Waals surface area contributed by atoms with Crippen LogP contribution in [0.15, 0.2) is 36.9 Å². The zero-order chi connectivity index (χ0) is 18.9. The lowest BCUT2D eigenvalue weighted by Gasteiger charge is -2.32. The van der Waals surface area contributed by atoms with E-state index in [-0.39, 0.29) is 0 Å².